The van der Waals surface area contributed by atoms with Crippen LogP contribution in [0.25, 0.3) is 0 Å². The van der Waals surface area contributed by atoms with Gasteiger partial charge >= 0.3 is 0 Å². The van der Waals surface area contributed by atoms with Crippen LogP contribution in [0.4, 0.5) is 5.69 Å². The molecule has 0 heterocycles. The van der Waals surface area contributed by atoms with E-state index >= 15 is 0 Å². The van der Waals surface area contributed by atoms with E-state index in [0.29, 0.717) is 18.8 Å². The van der Waals surface area contributed by atoms with Gasteiger partial charge in [-0.3, -0.25) is 0 Å². The number of hydrogen-bond donors (Lipinski definition) is 3. The maximum Gasteiger partial charge on any atom is 0.240 e. The van der Waals surface area contributed by atoms with Crippen molar-refractivity contribution in [2.45, 2.75) is 25.3 Å². The van der Waals surface area contributed by atoms with E-state index < -0.39 is 10.0 Å². The maximum absolute atomic E-state index is 12.2. The van der Waals surface area contributed by atoms with Gasteiger partial charge in [-0.05, 0) is 35.7 Å². The van der Waals surface area contributed by atoms with Gasteiger partial charge in [0.2, 0.25) is 10.0 Å². The van der Waals surface area contributed by atoms with Gasteiger partial charge in [-0.25, -0.2) is 18.1 Å². The first-order valence-electron chi connectivity index (χ1n) is 8.60. The Labute approximate surface area is 183 Å². The molecule has 0 fully saturated rings. The number of halogens is 1. The molecule has 0 saturated carbocycles. The van der Waals surface area contributed by atoms with Crippen molar-refractivity contribution < 1.29 is 13.2 Å². The highest BCUT2D eigenvalue weighted by Gasteiger charge is 2.13. The van der Waals surface area contributed by atoms with E-state index in [2.05, 4.69) is 15.0 Å². The first-order valence-corrected chi connectivity index (χ1v) is 10.1. The van der Waals surface area contributed by atoms with Crippen LogP contribution in [0.15, 0.2) is 58.4 Å². The number of sulfonamides is 1. The number of anilines is 1. The number of nitrogens with two attached hydrogens (primary N) is 1. The zero-order valence-electron chi connectivity index (χ0n) is 16.2. The molecule has 0 aliphatic rings. The summed E-state index contributed by atoms with van der Waals surface area (Å²) in [5, 5.41) is 2.99. The smallest absolute Gasteiger partial charge is 0.240 e. The minimum Gasteiger partial charge on any atom is -0.495 e. The lowest BCUT2D eigenvalue weighted by molar-refractivity contribution is 0.417. The summed E-state index contributed by atoms with van der Waals surface area (Å²) in [5.41, 5.74) is 7.49. The first-order chi connectivity index (χ1) is 12.8. The lowest BCUT2D eigenvalue weighted by atomic mass is 10.2. The quantitative estimate of drug-likeness (QED) is 0.283. The van der Waals surface area contributed by atoms with Crippen molar-refractivity contribution >= 4 is 45.6 Å². The Morgan fingerprint density at radius 1 is 1.14 bits per heavy atom. The molecule has 0 aromatic heterocycles. The summed E-state index contributed by atoms with van der Waals surface area (Å²) in [6.45, 7) is 4.63. The van der Waals surface area contributed by atoms with Crippen LogP contribution >= 0.6 is 24.0 Å². The lowest BCUT2D eigenvalue weighted by Gasteiger charge is -2.10. The summed E-state index contributed by atoms with van der Waals surface area (Å²) >= 11 is 0. The Morgan fingerprint density at radius 3 is 2.39 bits per heavy atom. The summed E-state index contributed by atoms with van der Waals surface area (Å²) in [6, 6.07) is 14.0. The SMILES string of the molecule is COc1ccccc1NC(N)=NCc1ccc(S(=O)(=O)NCC(C)C)cc1.I. The minimum atomic E-state index is -3.49. The molecule has 2 aromatic rings. The van der Waals surface area contributed by atoms with Crippen molar-refractivity contribution in [2.75, 3.05) is 19.0 Å². The molecular weight excluding hydrogens is 491 g/mol. The van der Waals surface area contributed by atoms with E-state index in [9.17, 15) is 8.42 Å². The fourth-order valence-electron chi connectivity index (χ4n) is 2.24. The van der Waals surface area contributed by atoms with Gasteiger partial charge in [-0.1, -0.05) is 38.1 Å². The third kappa shape index (κ3) is 7.28. The van der Waals surface area contributed by atoms with Crippen LogP contribution in [0.2, 0.25) is 0 Å². The molecule has 7 nitrogen and oxygen atoms in total. The molecule has 0 bridgehead atoms. The number of ether oxygens (including phenoxy) is 1. The zero-order chi connectivity index (χ0) is 19.9. The largest absolute Gasteiger partial charge is 0.495 e. The summed E-state index contributed by atoms with van der Waals surface area (Å²) in [6.07, 6.45) is 0. The number of guanidine groups is 1. The monoisotopic (exact) mass is 518 g/mol. The van der Waals surface area contributed by atoms with Gasteiger partial charge in [0, 0.05) is 6.54 Å². The molecule has 0 atom stereocenters. The Kier molecular flexibility index (Phi) is 9.70. The normalized spacial score (nSPS) is 11.8. The van der Waals surface area contributed by atoms with Gasteiger partial charge in [0.05, 0.1) is 24.2 Å². The number of hydrogen-bond acceptors (Lipinski definition) is 4. The number of rotatable bonds is 8. The second-order valence-electron chi connectivity index (χ2n) is 6.42. The fourth-order valence-corrected chi connectivity index (χ4v) is 3.45. The molecule has 0 amide bonds. The Bertz CT molecular complexity index is 884. The third-order valence-electron chi connectivity index (χ3n) is 3.72. The van der Waals surface area contributed by atoms with Crippen LogP contribution in [-0.2, 0) is 16.6 Å². The van der Waals surface area contributed by atoms with Crippen molar-refractivity contribution in [3.8, 4) is 5.75 Å². The van der Waals surface area contributed by atoms with Crippen molar-refractivity contribution in [1.29, 1.82) is 0 Å². The molecule has 28 heavy (non-hydrogen) atoms. The van der Waals surface area contributed by atoms with E-state index in [1.165, 1.54) is 0 Å². The van der Waals surface area contributed by atoms with Crippen LogP contribution in [0.3, 0.4) is 0 Å². The van der Waals surface area contributed by atoms with E-state index in [1.54, 1.807) is 31.4 Å². The van der Waals surface area contributed by atoms with E-state index in [4.69, 9.17) is 10.5 Å². The summed E-state index contributed by atoms with van der Waals surface area (Å²) < 4.78 is 32.2. The van der Waals surface area contributed by atoms with E-state index in [1.807, 2.05) is 38.1 Å². The van der Waals surface area contributed by atoms with Crippen molar-refractivity contribution in [1.82, 2.24) is 4.72 Å². The first kappa shape index (κ1) is 24.2. The van der Waals surface area contributed by atoms with Crippen LogP contribution in [0, 0.1) is 5.92 Å². The fraction of sp³-hybridized carbons (Fsp3) is 0.316. The van der Waals surface area contributed by atoms with Crippen molar-refractivity contribution in [2.24, 2.45) is 16.6 Å². The number of benzene rings is 2. The lowest BCUT2D eigenvalue weighted by Crippen LogP contribution is -2.27. The third-order valence-corrected chi connectivity index (χ3v) is 5.16. The van der Waals surface area contributed by atoms with Gasteiger partial charge in [-0.15, -0.1) is 24.0 Å². The van der Waals surface area contributed by atoms with Crippen LogP contribution in [-0.4, -0.2) is 28.0 Å². The number of para-hydroxylation sites is 2. The number of methoxy groups -OCH3 is 1. The second kappa shape index (κ2) is 11.2. The summed E-state index contributed by atoms with van der Waals surface area (Å²) in [5.74, 6) is 1.15. The number of nitrogens with one attached hydrogen (secondary N) is 2. The van der Waals surface area contributed by atoms with Crippen molar-refractivity contribution in [3.63, 3.8) is 0 Å². The molecule has 4 N–H and O–H groups in total. The van der Waals surface area contributed by atoms with Crippen LogP contribution < -0.4 is 20.5 Å². The Hall–Kier alpha value is -1.85. The molecule has 0 radical (unpaired) electrons. The molecule has 9 heteroatoms. The molecule has 0 aliphatic carbocycles. The zero-order valence-corrected chi connectivity index (χ0v) is 19.3. The second-order valence-corrected chi connectivity index (χ2v) is 8.18. The van der Waals surface area contributed by atoms with Gasteiger partial charge in [0.15, 0.2) is 5.96 Å². The molecular formula is C19H27IN4O3S. The molecule has 154 valence electrons. The van der Waals surface area contributed by atoms with Crippen LogP contribution in [0.5, 0.6) is 5.75 Å². The molecule has 0 saturated heterocycles. The average Bonchev–Trinajstić information content (AvgIpc) is 2.65. The van der Waals surface area contributed by atoms with Crippen molar-refractivity contribution in [3.05, 3.63) is 54.1 Å². The van der Waals surface area contributed by atoms with E-state index in [0.717, 1.165) is 11.3 Å². The van der Waals surface area contributed by atoms with Crippen LogP contribution in [0.1, 0.15) is 19.4 Å². The van der Waals surface area contributed by atoms with Gasteiger partial charge in [-0.2, -0.15) is 0 Å². The molecule has 0 aliphatic heterocycles. The molecule has 2 aromatic carbocycles. The maximum atomic E-state index is 12.2. The molecule has 0 unspecified atom stereocenters. The molecule has 2 rings (SSSR count). The highest BCUT2D eigenvalue weighted by molar-refractivity contribution is 14.0. The standard InChI is InChI=1S/C19H26N4O3S.HI/c1-14(2)12-22-27(24,25)16-10-8-15(9-11-16)13-21-19(20)23-17-6-4-5-7-18(17)26-3;/h4-11,14,22H,12-13H2,1-3H3,(H3,20,21,23);1H. The van der Waals surface area contributed by atoms with Gasteiger partial charge < -0.3 is 15.8 Å². The summed E-state index contributed by atoms with van der Waals surface area (Å²) in [4.78, 5) is 4.51. The Morgan fingerprint density at radius 2 is 1.79 bits per heavy atom. The van der Waals surface area contributed by atoms with Gasteiger partial charge in [0.25, 0.3) is 0 Å². The minimum absolute atomic E-state index is 0. The predicted molar refractivity (Wildman–Crippen MR) is 124 cm³/mol. The highest BCUT2D eigenvalue weighted by Crippen LogP contribution is 2.22. The van der Waals surface area contributed by atoms with Gasteiger partial charge in [0.1, 0.15) is 5.75 Å². The predicted octanol–water partition coefficient (Wildman–Crippen LogP) is 3.17. The Balaban J connectivity index is 0.00000392. The number of aliphatic imine (C=N–C) groups is 1. The topological polar surface area (TPSA) is 106 Å². The van der Waals surface area contributed by atoms with E-state index in [-0.39, 0.29) is 40.7 Å². The highest BCUT2D eigenvalue weighted by atomic mass is 127. The average molecular weight is 518 g/mol. The number of nitrogens with zero attached hydrogens (tertiary/aromatic N) is 1. The summed E-state index contributed by atoms with van der Waals surface area (Å²) in [7, 11) is -1.91. The molecule has 0 spiro atoms.